The Morgan fingerprint density at radius 1 is 0.264 bits per heavy atom. The van der Waals surface area contributed by atoms with Crippen LogP contribution < -0.4 is 0 Å². The minimum atomic E-state index is -0.726. The third-order valence-corrected chi connectivity index (χ3v) is 19.3. The number of hydrogen-bond acceptors (Lipinski definition) is 7. The summed E-state index contributed by atoms with van der Waals surface area (Å²) in [6, 6.07) is 0. The zero-order valence-corrected chi connectivity index (χ0v) is 77.9. The van der Waals surface area contributed by atoms with Crippen molar-refractivity contribution in [1.29, 1.82) is 0 Å². The highest BCUT2D eigenvalue weighted by Crippen LogP contribution is 2.25. The largest absolute Gasteiger partial charge is 0.386 e. The van der Waals surface area contributed by atoms with E-state index in [9.17, 15) is 34.5 Å². The molecule has 0 rings (SSSR count). The molecule has 0 aliphatic carbocycles. The van der Waals surface area contributed by atoms with Gasteiger partial charge < -0.3 is 34.5 Å². The van der Waals surface area contributed by atoms with Crippen LogP contribution in [0.1, 0.15) is 439 Å². The fraction of sp³-hybridized carbons (Fsp3) is 0.728. The highest BCUT2D eigenvalue weighted by molar-refractivity contribution is 5.76. The van der Waals surface area contributed by atoms with Crippen molar-refractivity contribution in [2.24, 2.45) is 35.5 Å². The predicted molar refractivity (Wildman–Crippen MR) is 497 cm³/mol. The molecule has 7 unspecified atom stereocenters. The maximum Gasteiger partial charge on any atom is 0.130 e. The van der Waals surface area contributed by atoms with E-state index in [2.05, 4.69) is 213 Å². The third-order valence-electron chi connectivity index (χ3n) is 19.3. The number of hydrogen-bond donors (Lipinski definition) is 3. The monoisotopic (exact) mass is 1540 g/mol. The van der Waals surface area contributed by atoms with Crippen LogP contribution in [0.15, 0.2) is 143 Å². The highest BCUT2D eigenvalue weighted by Gasteiger charge is 2.17. The molecule has 0 heterocycles. The molecular weight excluding hydrogens is 1350 g/mol. The van der Waals surface area contributed by atoms with Crippen LogP contribution >= 0.6 is 0 Å². The van der Waals surface area contributed by atoms with Gasteiger partial charge in [0.15, 0.2) is 0 Å². The zero-order valence-electron chi connectivity index (χ0n) is 77.9. The molecule has 0 bridgehead atoms. The summed E-state index contributed by atoms with van der Waals surface area (Å²) in [5.41, 5.74) is 10.3. The van der Waals surface area contributed by atoms with E-state index < -0.39 is 16.8 Å². The summed E-state index contributed by atoms with van der Waals surface area (Å²) in [6.07, 6.45) is 64.7. The second-order valence-corrected chi connectivity index (χ2v) is 35.7. The number of Topliss-reactive ketones (excluding diaryl/α,β-unsaturated/α-hetero) is 4. The first-order valence-corrected chi connectivity index (χ1v) is 43.4. The van der Waals surface area contributed by atoms with Gasteiger partial charge in [-0.15, -0.1) is 19.7 Å². The summed E-state index contributed by atoms with van der Waals surface area (Å²) in [5, 5.41) is 29.1. The van der Waals surface area contributed by atoms with Crippen molar-refractivity contribution < 1.29 is 34.5 Å². The molecule has 644 valence electrons. The number of rotatable bonds is 54. The van der Waals surface area contributed by atoms with Crippen LogP contribution in [0.2, 0.25) is 0 Å². The van der Waals surface area contributed by atoms with Gasteiger partial charge in [0, 0.05) is 25.7 Å². The molecule has 0 amide bonds. The van der Waals surface area contributed by atoms with E-state index in [1.165, 1.54) is 140 Å². The van der Waals surface area contributed by atoms with Gasteiger partial charge in [0.2, 0.25) is 0 Å². The van der Waals surface area contributed by atoms with E-state index in [0.717, 1.165) is 158 Å². The third kappa shape index (κ3) is 114. The number of carbonyl (C=O) groups is 4. The van der Waals surface area contributed by atoms with E-state index in [1.54, 1.807) is 59.8 Å². The van der Waals surface area contributed by atoms with Crippen LogP contribution in [0.4, 0.5) is 0 Å². The average molecular weight is 1540 g/mol. The SMILES string of the molecule is C.C=CC(C)(O)CC/C=C(\C)CCC=C(C)C.C=CC(C)(O)CCC=C(C)C.C=CC(C)(O)CCCC(C)CCCC(C)CCCC(C)C.CC(=O)CC/C=C(\C)CC/C=C(\C)CCC=C(C)C.CC(=O)CC/C=C(\C)CCC=C(C)C.CC(=O)CCC=C(C)C.CC(=O)CCCC(C)CCCC(C)CCCC(C)C. The Hall–Kier alpha value is -4.56. The molecule has 0 aromatic carbocycles. The van der Waals surface area contributed by atoms with Gasteiger partial charge in [0.05, 0.1) is 16.8 Å². The molecule has 0 aliphatic heterocycles. The van der Waals surface area contributed by atoms with Crippen molar-refractivity contribution in [3.63, 3.8) is 0 Å². The fourth-order valence-electron chi connectivity index (χ4n) is 11.4. The molecule has 7 heteroatoms. The van der Waals surface area contributed by atoms with E-state index >= 15 is 0 Å². The highest BCUT2D eigenvalue weighted by atomic mass is 16.3. The van der Waals surface area contributed by atoms with Crippen molar-refractivity contribution in [2.75, 3.05) is 0 Å². The van der Waals surface area contributed by atoms with Gasteiger partial charge in [-0.25, -0.2) is 0 Å². The summed E-state index contributed by atoms with van der Waals surface area (Å²) in [6.45, 7) is 71.3. The van der Waals surface area contributed by atoms with Crippen LogP contribution in [-0.2, 0) is 19.2 Å². The van der Waals surface area contributed by atoms with Crippen LogP contribution in [0.25, 0.3) is 0 Å². The van der Waals surface area contributed by atoms with Crippen molar-refractivity contribution in [1.82, 2.24) is 0 Å². The Labute approximate surface area is 688 Å². The maximum absolute atomic E-state index is 10.9. The molecule has 0 aliphatic rings. The van der Waals surface area contributed by atoms with Gasteiger partial charge in [-0.3, -0.25) is 0 Å². The number of aliphatic hydroxyl groups is 3. The van der Waals surface area contributed by atoms with Gasteiger partial charge in [-0.1, -0.05) is 282 Å². The van der Waals surface area contributed by atoms with E-state index in [0.29, 0.717) is 25.0 Å². The van der Waals surface area contributed by atoms with Crippen LogP contribution in [0.3, 0.4) is 0 Å². The smallest absolute Gasteiger partial charge is 0.130 e. The first kappa shape index (κ1) is 121. The second-order valence-electron chi connectivity index (χ2n) is 35.7. The van der Waals surface area contributed by atoms with Crippen LogP contribution in [0, 0.1) is 35.5 Å². The molecule has 0 aromatic rings. The molecule has 7 nitrogen and oxygen atoms in total. The molecule has 3 N–H and O–H groups in total. The van der Waals surface area contributed by atoms with E-state index in [4.69, 9.17) is 0 Å². The Kier molecular flexibility index (Phi) is 87.7. The van der Waals surface area contributed by atoms with E-state index in [-0.39, 0.29) is 24.8 Å². The summed E-state index contributed by atoms with van der Waals surface area (Å²) in [7, 11) is 0. The quantitative estimate of drug-likeness (QED) is 0.0517. The normalized spacial score (nSPS) is 13.9. The molecule has 0 radical (unpaired) electrons. The summed E-state index contributed by atoms with van der Waals surface area (Å²) in [4.78, 5) is 42.8. The van der Waals surface area contributed by atoms with Crippen LogP contribution in [-0.4, -0.2) is 55.3 Å². The molecule has 0 fully saturated rings. The van der Waals surface area contributed by atoms with E-state index in [1.807, 2.05) is 20.8 Å². The molecule has 0 aromatic heterocycles. The van der Waals surface area contributed by atoms with Gasteiger partial charge in [-0.05, 0) is 290 Å². The van der Waals surface area contributed by atoms with Gasteiger partial charge in [-0.2, -0.15) is 0 Å². The molecular formula is C103H190O7. The van der Waals surface area contributed by atoms with Crippen molar-refractivity contribution in [3.8, 4) is 0 Å². The first-order chi connectivity index (χ1) is 50.6. The Morgan fingerprint density at radius 3 is 0.700 bits per heavy atom. The lowest BCUT2D eigenvalue weighted by Crippen LogP contribution is -2.20. The number of carbonyl (C=O) groups excluding carboxylic acids is 4. The van der Waals surface area contributed by atoms with Crippen molar-refractivity contribution >= 4 is 23.1 Å². The van der Waals surface area contributed by atoms with Crippen molar-refractivity contribution in [3.05, 3.63) is 143 Å². The minimum absolute atomic E-state index is 0. The van der Waals surface area contributed by atoms with Crippen molar-refractivity contribution in [2.45, 2.75) is 456 Å². The Bertz CT molecular complexity index is 2570. The topological polar surface area (TPSA) is 129 Å². The zero-order chi connectivity index (χ0) is 85.4. The Morgan fingerprint density at radius 2 is 0.455 bits per heavy atom. The maximum atomic E-state index is 10.9. The van der Waals surface area contributed by atoms with Gasteiger partial charge in [0.1, 0.15) is 23.1 Å². The molecule has 0 spiro atoms. The lowest BCUT2D eigenvalue weighted by molar-refractivity contribution is -0.117. The predicted octanol–water partition coefficient (Wildman–Crippen LogP) is 32.2. The van der Waals surface area contributed by atoms with Gasteiger partial charge >= 0.3 is 0 Å². The van der Waals surface area contributed by atoms with Crippen LogP contribution in [0.5, 0.6) is 0 Å². The lowest BCUT2D eigenvalue weighted by atomic mass is 9.90. The Balaban J connectivity index is -0.000000186. The number of allylic oxidation sites excluding steroid dienone is 18. The summed E-state index contributed by atoms with van der Waals surface area (Å²) in [5.74, 6) is 6.23. The van der Waals surface area contributed by atoms with Gasteiger partial charge in [0.25, 0.3) is 0 Å². The number of ketones is 4. The lowest BCUT2D eigenvalue weighted by Gasteiger charge is -2.20. The molecule has 7 atom stereocenters. The second kappa shape index (κ2) is 79.7. The minimum Gasteiger partial charge on any atom is -0.386 e. The standard InChI is InChI=1S/C20H40O.C18H36O.C18H30O.C15H26O.C13H22O.C10H18O.C8H14O.CH4/c1-7-20(6,21)16-10-15-19(5)14-9-13-18(4)12-8-11-17(2)3;2*1-15(2)9-6-10-16(3)11-7-12-17(4)13-8-14-18(5)19;1-6-15(5,16)12-8-11-14(4)10-7-9-13(2)3;1-11(2)7-5-8-12(3)9-6-10-13(4)14;1-5-10(4,11)8-6-7-9(2)3;1-7(2)5-4-6-8(3)9;/h7,17-19,21H,1,8-16H2,2-6H3;15-17H,6-14H2,1-5H3;9,11,13H,6-8,10,12,14H2,1-5H3;6,9,11,16H,1,7-8,10,12H2,2-5H3;7,9H,5-6,8,10H2,1-4H3;5,7,11H,1,6,8H2,2-4H3;5H,4,6H2,1-3H3;1H4/b;;16-11+,17-13+;14-11+;12-9+;;;. The summed E-state index contributed by atoms with van der Waals surface area (Å²) < 4.78 is 0. The molecule has 0 saturated carbocycles. The first-order valence-electron chi connectivity index (χ1n) is 43.4. The molecule has 110 heavy (non-hydrogen) atoms. The summed E-state index contributed by atoms with van der Waals surface area (Å²) >= 11 is 0. The average Bonchev–Trinajstić information content (AvgIpc) is 0.958. The fourth-order valence-corrected chi connectivity index (χ4v) is 11.4. The molecule has 0 saturated heterocycles.